The molecule has 1 heterocycles. The van der Waals surface area contributed by atoms with E-state index in [0.29, 0.717) is 36.9 Å². The lowest BCUT2D eigenvalue weighted by atomic mass is 10.1. The van der Waals surface area contributed by atoms with Crippen molar-refractivity contribution >= 4 is 33.2 Å². The van der Waals surface area contributed by atoms with Crippen LogP contribution in [0.5, 0.6) is 0 Å². The fourth-order valence-corrected chi connectivity index (χ4v) is 7.23. The Bertz CT molecular complexity index is 1240. The Hall–Kier alpha value is -2.65. The number of carbonyl (C=O) groups is 1. The molecular formula is C23H26N4O3S2. The summed E-state index contributed by atoms with van der Waals surface area (Å²) in [5, 5.41) is 11.5. The quantitative estimate of drug-likeness (QED) is 0.577. The van der Waals surface area contributed by atoms with Crippen LogP contribution in [0.2, 0.25) is 0 Å². The van der Waals surface area contributed by atoms with Gasteiger partial charge in [-0.1, -0.05) is 25.0 Å². The largest absolute Gasteiger partial charge is 0.325 e. The maximum Gasteiger partial charge on any atom is 0.246 e. The summed E-state index contributed by atoms with van der Waals surface area (Å²) in [4.78, 5) is 14.6. The average Bonchev–Trinajstić information content (AvgIpc) is 3.42. The molecule has 1 aromatic heterocycles. The van der Waals surface area contributed by atoms with E-state index < -0.39 is 20.5 Å². The van der Waals surface area contributed by atoms with Gasteiger partial charge in [-0.15, -0.1) is 10.2 Å². The van der Waals surface area contributed by atoms with Crippen molar-refractivity contribution in [1.82, 2.24) is 14.8 Å². The number of hydrogen-bond acceptors (Lipinski definition) is 6. The van der Waals surface area contributed by atoms with Gasteiger partial charge in [0.05, 0.1) is 4.90 Å². The molecule has 1 aliphatic carbocycles. The van der Waals surface area contributed by atoms with E-state index in [1.807, 2.05) is 36.7 Å². The zero-order valence-electron chi connectivity index (χ0n) is 18.3. The second-order valence-corrected chi connectivity index (χ2v) is 11.5. The lowest BCUT2D eigenvalue weighted by molar-refractivity contribution is -0.118. The van der Waals surface area contributed by atoms with Crippen molar-refractivity contribution in [3.63, 3.8) is 0 Å². The van der Waals surface area contributed by atoms with Gasteiger partial charge in [0, 0.05) is 17.6 Å². The highest BCUT2D eigenvalue weighted by Crippen LogP contribution is 2.42. The molecule has 32 heavy (non-hydrogen) atoms. The summed E-state index contributed by atoms with van der Waals surface area (Å²) >= 11 is 1.46. The van der Waals surface area contributed by atoms with Crippen LogP contribution in [0, 0.1) is 13.8 Å². The lowest BCUT2D eigenvalue weighted by Gasteiger charge is -2.28. The average molecular weight is 471 g/mol. The molecule has 4 rings (SSSR count). The number of benzene rings is 2. The summed E-state index contributed by atoms with van der Waals surface area (Å²) in [6.45, 7) is 3.64. The third-order valence-electron chi connectivity index (χ3n) is 5.96. The number of aryl methyl sites for hydroxylation is 3. The third kappa shape index (κ3) is 4.06. The standard InChI is InChI=1S/C23H26N4O3S2/c1-16-6-7-17(2)20(14-16)32(29,30)23(12-4-5-13-23)21(28)25-18-8-10-19(11-9-18)31-22-26-24-15-27(22)3/h6-11,14-15H,4-5,12-13H2,1-3H3,(H,25,28). The molecule has 1 amide bonds. The number of nitrogens with one attached hydrogen (secondary N) is 1. The summed E-state index contributed by atoms with van der Waals surface area (Å²) < 4.78 is 27.9. The van der Waals surface area contributed by atoms with Crippen LogP contribution in [-0.2, 0) is 21.7 Å². The molecule has 1 N–H and O–H groups in total. The Kier molecular flexibility index (Phi) is 6.13. The maximum atomic E-state index is 13.7. The Morgan fingerprint density at radius 3 is 2.41 bits per heavy atom. The van der Waals surface area contributed by atoms with E-state index in [1.165, 1.54) is 11.8 Å². The minimum atomic E-state index is -3.85. The Balaban J connectivity index is 1.59. The highest BCUT2D eigenvalue weighted by Gasteiger charge is 2.53. The molecule has 168 valence electrons. The topological polar surface area (TPSA) is 93.9 Å². The second kappa shape index (κ2) is 8.71. The molecule has 2 aromatic carbocycles. The summed E-state index contributed by atoms with van der Waals surface area (Å²) in [5.74, 6) is -0.454. The summed E-state index contributed by atoms with van der Waals surface area (Å²) in [7, 11) is -1.98. The van der Waals surface area contributed by atoms with E-state index in [2.05, 4.69) is 15.5 Å². The van der Waals surface area contributed by atoms with Crippen LogP contribution in [-0.4, -0.2) is 33.8 Å². The van der Waals surface area contributed by atoms with E-state index in [4.69, 9.17) is 0 Å². The Morgan fingerprint density at radius 1 is 1.09 bits per heavy atom. The molecule has 1 aliphatic rings. The summed E-state index contributed by atoms with van der Waals surface area (Å²) in [6.07, 6.45) is 3.72. The number of nitrogens with zero attached hydrogens (tertiary/aromatic N) is 3. The fraction of sp³-hybridized carbons (Fsp3) is 0.348. The van der Waals surface area contributed by atoms with Gasteiger partial charge in [-0.2, -0.15) is 0 Å². The number of rotatable bonds is 6. The van der Waals surface area contributed by atoms with Gasteiger partial charge in [-0.05, 0) is 79.9 Å². The molecule has 3 aromatic rings. The smallest absolute Gasteiger partial charge is 0.246 e. The number of anilines is 1. The summed E-state index contributed by atoms with van der Waals surface area (Å²) in [6, 6.07) is 12.7. The highest BCUT2D eigenvalue weighted by molar-refractivity contribution is 7.99. The van der Waals surface area contributed by atoms with Crippen molar-refractivity contribution in [2.45, 2.75) is 59.2 Å². The van der Waals surface area contributed by atoms with Crippen LogP contribution in [0.25, 0.3) is 0 Å². The second-order valence-electron chi connectivity index (χ2n) is 8.28. The molecule has 0 atom stereocenters. The highest BCUT2D eigenvalue weighted by atomic mass is 32.2. The van der Waals surface area contributed by atoms with Gasteiger partial charge in [-0.25, -0.2) is 8.42 Å². The minimum Gasteiger partial charge on any atom is -0.325 e. The molecular weight excluding hydrogens is 444 g/mol. The molecule has 0 aliphatic heterocycles. The zero-order valence-corrected chi connectivity index (χ0v) is 20.0. The van der Waals surface area contributed by atoms with Crippen molar-refractivity contribution in [2.24, 2.45) is 7.05 Å². The van der Waals surface area contributed by atoms with Crippen molar-refractivity contribution in [3.8, 4) is 0 Å². The van der Waals surface area contributed by atoms with Crippen molar-refractivity contribution in [1.29, 1.82) is 0 Å². The first-order chi connectivity index (χ1) is 15.2. The molecule has 0 bridgehead atoms. The van der Waals surface area contributed by atoms with Gasteiger partial charge in [0.25, 0.3) is 0 Å². The predicted octanol–water partition coefficient (Wildman–Crippen LogP) is 4.31. The lowest BCUT2D eigenvalue weighted by Crippen LogP contribution is -2.47. The first kappa shape index (κ1) is 22.5. The predicted molar refractivity (Wildman–Crippen MR) is 124 cm³/mol. The van der Waals surface area contributed by atoms with Crippen molar-refractivity contribution in [2.75, 3.05) is 5.32 Å². The van der Waals surface area contributed by atoms with Crippen LogP contribution in [0.1, 0.15) is 36.8 Å². The first-order valence-electron chi connectivity index (χ1n) is 10.5. The maximum absolute atomic E-state index is 13.7. The van der Waals surface area contributed by atoms with Crippen LogP contribution >= 0.6 is 11.8 Å². The van der Waals surface area contributed by atoms with Gasteiger partial charge < -0.3 is 9.88 Å². The van der Waals surface area contributed by atoms with Crippen molar-refractivity contribution in [3.05, 3.63) is 59.9 Å². The molecule has 7 nitrogen and oxygen atoms in total. The minimum absolute atomic E-state index is 0.255. The van der Waals surface area contributed by atoms with Gasteiger partial charge in [0.1, 0.15) is 6.33 Å². The zero-order chi connectivity index (χ0) is 22.9. The number of aromatic nitrogens is 3. The van der Waals surface area contributed by atoms with Gasteiger partial charge >= 0.3 is 0 Å². The van der Waals surface area contributed by atoms with Crippen LogP contribution in [0.4, 0.5) is 5.69 Å². The van der Waals surface area contributed by atoms with E-state index in [0.717, 1.165) is 15.6 Å². The van der Waals surface area contributed by atoms with Gasteiger partial charge in [0.15, 0.2) is 19.7 Å². The molecule has 0 radical (unpaired) electrons. The van der Waals surface area contributed by atoms with Crippen LogP contribution < -0.4 is 5.32 Å². The van der Waals surface area contributed by atoms with E-state index in [-0.39, 0.29) is 4.90 Å². The third-order valence-corrected chi connectivity index (χ3v) is 9.67. The molecule has 0 saturated heterocycles. The monoisotopic (exact) mass is 470 g/mol. The van der Waals surface area contributed by atoms with Gasteiger partial charge in [0.2, 0.25) is 5.91 Å². The first-order valence-corrected chi connectivity index (χ1v) is 12.8. The molecule has 1 saturated carbocycles. The number of carbonyl (C=O) groups excluding carboxylic acids is 1. The Labute approximate surface area is 192 Å². The summed E-state index contributed by atoms with van der Waals surface area (Å²) in [5.41, 5.74) is 2.10. The SMILES string of the molecule is Cc1ccc(C)c(S(=O)(=O)C2(C(=O)Nc3ccc(Sc4nncn4C)cc3)CCCC2)c1. The number of hydrogen-bond donors (Lipinski definition) is 1. The molecule has 9 heteroatoms. The van der Waals surface area contributed by atoms with Crippen molar-refractivity contribution < 1.29 is 13.2 Å². The van der Waals surface area contributed by atoms with Crippen LogP contribution in [0.15, 0.2) is 63.7 Å². The van der Waals surface area contributed by atoms with E-state index >= 15 is 0 Å². The van der Waals surface area contributed by atoms with E-state index in [1.54, 1.807) is 37.5 Å². The molecule has 0 unspecified atom stereocenters. The van der Waals surface area contributed by atoms with E-state index in [9.17, 15) is 13.2 Å². The number of amides is 1. The number of sulfone groups is 1. The Morgan fingerprint density at radius 2 is 1.78 bits per heavy atom. The van der Waals surface area contributed by atoms with Gasteiger partial charge in [-0.3, -0.25) is 4.79 Å². The normalized spacial score (nSPS) is 15.6. The molecule has 1 fully saturated rings. The molecule has 0 spiro atoms. The fourth-order valence-electron chi connectivity index (χ4n) is 4.09. The van der Waals surface area contributed by atoms with Crippen LogP contribution in [0.3, 0.4) is 0 Å².